The summed E-state index contributed by atoms with van der Waals surface area (Å²) in [7, 11) is 1.44. The number of carbonyl (C=O) groups is 2. The predicted octanol–water partition coefficient (Wildman–Crippen LogP) is 4.30. The van der Waals surface area contributed by atoms with Crippen LogP contribution in [-0.4, -0.2) is 31.0 Å². The fourth-order valence-electron chi connectivity index (χ4n) is 5.93. The van der Waals surface area contributed by atoms with E-state index in [4.69, 9.17) is 4.74 Å². The van der Waals surface area contributed by atoms with E-state index < -0.39 is 11.4 Å². The van der Waals surface area contributed by atoms with E-state index in [0.717, 1.165) is 17.9 Å². The summed E-state index contributed by atoms with van der Waals surface area (Å²) < 4.78 is 18.9. The number of benzene rings is 1. The SMILES string of the molecule is COc1cc(C[C@]2(CCC(=O)NCCC3=CC[C@H]4C[C@@H]3C4(C)C)CCC(=O)N2)ccc1F. The fourth-order valence-corrected chi connectivity index (χ4v) is 5.93. The van der Waals surface area contributed by atoms with Crippen LogP contribution in [0.5, 0.6) is 5.75 Å². The zero-order chi connectivity index (χ0) is 22.9. The van der Waals surface area contributed by atoms with Crippen LogP contribution in [0.25, 0.3) is 0 Å². The molecule has 1 saturated heterocycles. The highest BCUT2D eigenvalue weighted by Gasteiger charge is 2.50. The minimum Gasteiger partial charge on any atom is -0.494 e. The van der Waals surface area contributed by atoms with Crippen molar-refractivity contribution in [2.24, 2.45) is 17.3 Å². The number of hydrogen-bond acceptors (Lipinski definition) is 3. The Morgan fingerprint density at radius 1 is 1.34 bits per heavy atom. The summed E-state index contributed by atoms with van der Waals surface area (Å²) >= 11 is 0. The van der Waals surface area contributed by atoms with Gasteiger partial charge in [0.1, 0.15) is 0 Å². The molecule has 0 unspecified atom stereocenters. The second kappa shape index (κ2) is 8.87. The number of nitrogens with one attached hydrogen (secondary N) is 2. The van der Waals surface area contributed by atoms with E-state index in [2.05, 4.69) is 30.6 Å². The molecular formula is C26H35FN2O3. The van der Waals surface area contributed by atoms with E-state index in [1.54, 1.807) is 12.1 Å². The Bertz CT molecular complexity index is 926. The van der Waals surface area contributed by atoms with E-state index in [1.807, 2.05) is 0 Å². The summed E-state index contributed by atoms with van der Waals surface area (Å²) in [6.45, 7) is 5.39. The molecular weight excluding hydrogens is 407 g/mol. The van der Waals surface area contributed by atoms with Crippen LogP contribution in [-0.2, 0) is 16.0 Å². The Morgan fingerprint density at radius 3 is 2.81 bits per heavy atom. The first-order valence-electron chi connectivity index (χ1n) is 11.8. The van der Waals surface area contributed by atoms with Crippen molar-refractivity contribution in [3.8, 4) is 5.75 Å². The molecule has 1 aliphatic heterocycles. The van der Waals surface area contributed by atoms with Crippen LogP contribution in [0.15, 0.2) is 29.8 Å². The third-order valence-corrected chi connectivity index (χ3v) is 8.14. The van der Waals surface area contributed by atoms with Crippen LogP contribution in [0, 0.1) is 23.1 Å². The van der Waals surface area contributed by atoms with Gasteiger partial charge in [0, 0.05) is 24.9 Å². The molecule has 0 radical (unpaired) electrons. The lowest BCUT2D eigenvalue weighted by atomic mass is 9.48. The lowest BCUT2D eigenvalue weighted by Gasteiger charge is -2.56. The summed E-state index contributed by atoms with van der Waals surface area (Å²) in [6, 6.07) is 4.78. The number of rotatable bonds is 9. The van der Waals surface area contributed by atoms with Gasteiger partial charge < -0.3 is 15.4 Å². The van der Waals surface area contributed by atoms with Gasteiger partial charge in [-0.3, -0.25) is 9.59 Å². The molecule has 174 valence electrons. The van der Waals surface area contributed by atoms with Crippen molar-refractivity contribution in [1.29, 1.82) is 0 Å². The van der Waals surface area contributed by atoms with Crippen molar-refractivity contribution in [3.63, 3.8) is 0 Å². The number of fused-ring (bicyclic) bond motifs is 1. The Morgan fingerprint density at radius 2 is 2.16 bits per heavy atom. The Hall–Kier alpha value is -2.37. The molecule has 32 heavy (non-hydrogen) atoms. The molecule has 1 heterocycles. The van der Waals surface area contributed by atoms with Crippen LogP contribution < -0.4 is 15.4 Å². The van der Waals surface area contributed by atoms with Gasteiger partial charge >= 0.3 is 0 Å². The number of ether oxygens (including phenoxy) is 1. The first-order chi connectivity index (χ1) is 15.2. The largest absolute Gasteiger partial charge is 0.494 e. The van der Waals surface area contributed by atoms with Crippen molar-refractivity contribution in [2.45, 2.75) is 70.8 Å². The van der Waals surface area contributed by atoms with Gasteiger partial charge in [0.15, 0.2) is 11.6 Å². The van der Waals surface area contributed by atoms with Gasteiger partial charge in [-0.2, -0.15) is 0 Å². The van der Waals surface area contributed by atoms with Crippen molar-refractivity contribution in [3.05, 3.63) is 41.2 Å². The Kier molecular flexibility index (Phi) is 6.33. The summed E-state index contributed by atoms with van der Waals surface area (Å²) in [5, 5.41) is 6.16. The number of halogens is 1. The molecule has 1 aromatic rings. The summed E-state index contributed by atoms with van der Waals surface area (Å²) in [6.07, 6.45) is 8.36. The second-order valence-corrected chi connectivity index (χ2v) is 10.4. The second-order valence-electron chi connectivity index (χ2n) is 10.4. The monoisotopic (exact) mass is 442 g/mol. The molecule has 2 fully saturated rings. The van der Waals surface area contributed by atoms with E-state index in [9.17, 15) is 14.0 Å². The molecule has 4 aliphatic rings. The molecule has 0 aromatic heterocycles. The minimum atomic E-state index is -0.478. The molecule has 2 amide bonds. The summed E-state index contributed by atoms with van der Waals surface area (Å²) in [4.78, 5) is 24.6. The van der Waals surface area contributed by atoms with Gasteiger partial charge in [-0.25, -0.2) is 4.39 Å². The molecule has 0 spiro atoms. The van der Waals surface area contributed by atoms with Crippen molar-refractivity contribution in [2.75, 3.05) is 13.7 Å². The maximum absolute atomic E-state index is 13.8. The fraction of sp³-hybridized carbons (Fsp3) is 0.615. The number of carbonyl (C=O) groups excluding carboxylic acids is 2. The summed E-state index contributed by atoms with van der Waals surface area (Å²) in [5.41, 5.74) is 2.32. The average molecular weight is 443 g/mol. The van der Waals surface area contributed by atoms with Crippen LogP contribution in [0.3, 0.4) is 0 Å². The van der Waals surface area contributed by atoms with Crippen molar-refractivity contribution in [1.82, 2.24) is 10.6 Å². The van der Waals surface area contributed by atoms with E-state index in [1.165, 1.54) is 31.6 Å². The van der Waals surface area contributed by atoms with Crippen LogP contribution in [0.4, 0.5) is 4.39 Å². The van der Waals surface area contributed by atoms with Crippen molar-refractivity contribution < 1.29 is 18.7 Å². The predicted molar refractivity (Wildman–Crippen MR) is 122 cm³/mol. The van der Waals surface area contributed by atoms with Gasteiger partial charge in [-0.1, -0.05) is 31.6 Å². The van der Waals surface area contributed by atoms with E-state index >= 15 is 0 Å². The first kappa shape index (κ1) is 22.8. The van der Waals surface area contributed by atoms with Gasteiger partial charge in [-0.15, -0.1) is 0 Å². The molecule has 3 aliphatic carbocycles. The zero-order valence-corrected chi connectivity index (χ0v) is 19.4. The van der Waals surface area contributed by atoms with Gasteiger partial charge in [0.05, 0.1) is 7.11 Å². The molecule has 6 heteroatoms. The highest BCUT2D eigenvalue weighted by molar-refractivity contribution is 5.80. The lowest BCUT2D eigenvalue weighted by Crippen LogP contribution is -2.48. The van der Waals surface area contributed by atoms with Crippen LogP contribution in [0.2, 0.25) is 0 Å². The average Bonchev–Trinajstić information content (AvgIpc) is 3.14. The molecule has 5 rings (SSSR count). The molecule has 2 N–H and O–H groups in total. The normalized spacial score (nSPS) is 27.9. The maximum atomic E-state index is 13.8. The van der Waals surface area contributed by atoms with Gasteiger partial charge in [-0.05, 0) is 73.5 Å². The van der Waals surface area contributed by atoms with Crippen LogP contribution >= 0.6 is 0 Å². The number of amides is 2. The van der Waals surface area contributed by atoms with E-state index in [-0.39, 0.29) is 17.6 Å². The third-order valence-electron chi connectivity index (χ3n) is 8.14. The standard InChI is InChI=1S/C26H35FN2O3/c1-25(2)19-6-5-18(20(25)15-19)10-13-28-23(30)8-11-26(12-9-24(31)29-26)16-17-4-7-21(27)22(14-17)32-3/h4-5,7,14,19-20H,6,8-13,15-16H2,1-3H3,(H,28,30)(H,29,31)/t19-,20-,26-/m0/s1. The van der Waals surface area contributed by atoms with Crippen LogP contribution in [0.1, 0.15) is 64.4 Å². The molecule has 3 atom stereocenters. The molecule has 2 bridgehead atoms. The topological polar surface area (TPSA) is 67.4 Å². The lowest BCUT2D eigenvalue weighted by molar-refractivity contribution is -0.122. The molecule has 1 saturated carbocycles. The van der Waals surface area contributed by atoms with Crippen molar-refractivity contribution >= 4 is 11.8 Å². The van der Waals surface area contributed by atoms with Gasteiger partial charge in [0.25, 0.3) is 0 Å². The highest BCUT2D eigenvalue weighted by atomic mass is 19.1. The Balaban J connectivity index is 1.29. The minimum absolute atomic E-state index is 0.00476. The quantitative estimate of drug-likeness (QED) is 0.560. The number of allylic oxidation sites excluding steroid dienone is 1. The maximum Gasteiger partial charge on any atom is 0.220 e. The third kappa shape index (κ3) is 4.55. The number of hydrogen-bond donors (Lipinski definition) is 2. The van der Waals surface area contributed by atoms with Gasteiger partial charge in [0.2, 0.25) is 11.8 Å². The zero-order valence-electron chi connectivity index (χ0n) is 19.4. The van der Waals surface area contributed by atoms with E-state index in [0.29, 0.717) is 50.0 Å². The Labute approximate surface area is 190 Å². The number of methoxy groups -OCH3 is 1. The smallest absolute Gasteiger partial charge is 0.220 e. The first-order valence-corrected chi connectivity index (χ1v) is 11.8. The summed E-state index contributed by atoms with van der Waals surface area (Å²) in [5.74, 6) is 1.30. The molecule has 5 nitrogen and oxygen atoms in total. The molecule has 1 aromatic carbocycles. The highest BCUT2D eigenvalue weighted by Crippen LogP contribution is 2.59.